The van der Waals surface area contributed by atoms with Crippen LogP contribution in [-0.2, 0) is 0 Å². The van der Waals surface area contributed by atoms with Gasteiger partial charge in [0.25, 0.3) is 11.6 Å². The lowest BCUT2D eigenvalue weighted by atomic mass is 9.50. The fraction of sp³-hybridized carbons (Fsp3) is 0.455. The number of fused-ring (bicyclic) bond motifs is 2. The van der Waals surface area contributed by atoms with E-state index < -0.39 is 11.6 Å². The number of hydrogen-bond donors (Lipinski definition) is 0. The van der Waals surface area contributed by atoms with E-state index in [1.165, 1.54) is 0 Å². The molecule has 0 radical (unpaired) electrons. The molecule has 0 atom stereocenters. The summed E-state index contributed by atoms with van der Waals surface area (Å²) in [5.41, 5.74) is 0. The van der Waals surface area contributed by atoms with Crippen LogP contribution in [-0.4, -0.2) is 11.6 Å². The maximum atomic E-state index is 6.54. The Morgan fingerprint density at radius 3 is 1.32 bits per heavy atom. The number of halogens is 2. The van der Waals surface area contributed by atoms with Crippen LogP contribution in [0.1, 0.15) is 25.7 Å². The minimum atomic E-state index is -0.508. The molecule has 144 valence electrons. The van der Waals surface area contributed by atoms with Crippen LogP contribution in [0.4, 0.5) is 0 Å². The third-order valence-corrected chi connectivity index (χ3v) is 8.43. The van der Waals surface area contributed by atoms with E-state index in [9.17, 15) is 0 Å². The summed E-state index contributed by atoms with van der Waals surface area (Å²) < 4.78 is 28.2. The Hall–Kier alpha value is -1.40. The molecule has 4 nitrogen and oxygen atoms in total. The van der Waals surface area contributed by atoms with E-state index in [4.69, 9.17) is 18.9 Å². The van der Waals surface area contributed by atoms with Gasteiger partial charge in [0, 0.05) is 32.6 Å². The van der Waals surface area contributed by atoms with Crippen LogP contribution >= 0.6 is 31.9 Å². The maximum Gasteiger partial charge on any atom is 0.257 e. The van der Waals surface area contributed by atoms with E-state index in [1.807, 2.05) is 36.4 Å². The molecule has 2 aromatic carbocycles. The molecule has 0 aromatic heterocycles. The van der Waals surface area contributed by atoms with Crippen LogP contribution in [0.25, 0.3) is 0 Å². The lowest BCUT2D eigenvalue weighted by Gasteiger charge is -2.62. The van der Waals surface area contributed by atoms with Crippen LogP contribution in [0.3, 0.4) is 0 Å². The average molecular weight is 506 g/mol. The highest BCUT2D eigenvalue weighted by molar-refractivity contribution is 9.10. The van der Waals surface area contributed by atoms with Crippen molar-refractivity contribution in [3.63, 3.8) is 0 Å². The monoisotopic (exact) mass is 504 g/mol. The van der Waals surface area contributed by atoms with Gasteiger partial charge in [-0.1, -0.05) is 31.9 Å². The van der Waals surface area contributed by atoms with Gasteiger partial charge in [0.1, 0.15) is 0 Å². The fourth-order valence-corrected chi connectivity index (χ4v) is 7.11. The van der Waals surface area contributed by atoms with Crippen molar-refractivity contribution in [3.8, 4) is 23.0 Å². The molecule has 2 spiro atoms. The first kappa shape index (κ1) is 16.4. The minimum Gasteiger partial charge on any atom is -0.448 e. The number of ether oxygens (including phenoxy) is 4. The second kappa shape index (κ2) is 5.20. The molecule has 0 unspecified atom stereocenters. The zero-order valence-corrected chi connectivity index (χ0v) is 18.2. The molecule has 4 aliphatic carbocycles. The summed E-state index contributed by atoms with van der Waals surface area (Å²) in [4.78, 5) is 0. The van der Waals surface area contributed by atoms with Gasteiger partial charge >= 0.3 is 0 Å². The molecule has 8 rings (SSSR count). The molecular formula is C22H18Br2O4. The first-order chi connectivity index (χ1) is 13.6. The zero-order chi connectivity index (χ0) is 18.7. The summed E-state index contributed by atoms with van der Waals surface area (Å²) in [5, 5.41) is 0. The topological polar surface area (TPSA) is 36.9 Å². The molecule has 4 fully saturated rings. The van der Waals surface area contributed by atoms with Gasteiger partial charge in [0.15, 0.2) is 23.0 Å². The first-order valence-electron chi connectivity index (χ1n) is 9.91. The van der Waals surface area contributed by atoms with Crippen molar-refractivity contribution in [1.29, 1.82) is 0 Å². The van der Waals surface area contributed by atoms with Crippen LogP contribution in [0, 0.1) is 23.7 Å². The molecule has 0 N–H and O–H groups in total. The molecule has 0 amide bonds. The van der Waals surface area contributed by atoms with E-state index in [0.717, 1.165) is 57.6 Å². The molecule has 28 heavy (non-hydrogen) atoms. The Kier molecular flexibility index (Phi) is 3.04. The summed E-state index contributed by atoms with van der Waals surface area (Å²) in [7, 11) is 0. The van der Waals surface area contributed by atoms with E-state index >= 15 is 0 Å². The molecule has 2 aliphatic heterocycles. The van der Waals surface area contributed by atoms with E-state index in [-0.39, 0.29) is 0 Å². The SMILES string of the molecule is Brc1ccc2c(c1)OC1(O2)C2CC3CC1CC(C2)C31Oc2ccc(Br)cc2O1. The highest BCUT2D eigenvalue weighted by Gasteiger charge is 2.73. The third kappa shape index (κ3) is 1.91. The van der Waals surface area contributed by atoms with Crippen molar-refractivity contribution >= 4 is 31.9 Å². The van der Waals surface area contributed by atoms with Gasteiger partial charge in [-0.3, -0.25) is 0 Å². The lowest BCUT2D eigenvalue weighted by molar-refractivity contribution is -0.316. The van der Waals surface area contributed by atoms with Gasteiger partial charge in [-0.05, 0) is 62.1 Å². The van der Waals surface area contributed by atoms with Crippen molar-refractivity contribution in [2.24, 2.45) is 23.7 Å². The highest BCUT2D eigenvalue weighted by Crippen LogP contribution is 2.67. The lowest BCUT2D eigenvalue weighted by Crippen LogP contribution is -2.71. The van der Waals surface area contributed by atoms with E-state index in [1.54, 1.807) is 0 Å². The predicted octanol–water partition coefficient (Wildman–Crippen LogP) is 5.91. The Morgan fingerprint density at radius 1 is 0.571 bits per heavy atom. The standard InChI is InChI=1S/C22H18Br2O4/c23-15-1-3-17-19(9-15)27-21(25-17)11-5-13-7-12(21)8-14(6-11)22(13)26-18-4-2-16(24)10-20(18)28-22/h1-4,9-14H,5-8H2. The Bertz CT molecular complexity index is 912. The second-order valence-electron chi connectivity index (χ2n) is 8.76. The summed E-state index contributed by atoms with van der Waals surface area (Å²) in [6.07, 6.45) is 4.04. The maximum absolute atomic E-state index is 6.54. The molecule has 2 heterocycles. The summed E-state index contributed by atoms with van der Waals surface area (Å²) in [5.74, 6) is 3.93. The molecule has 0 saturated heterocycles. The molecule has 4 saturated carbocycles. The Balaban J connectivity index is 1.22. The van der Waals surface area contributed by atoms with E-state index in [0.29, 0.717) is 23.7 Å². The van der Waals surface area contributed by atoms with Crippen molar-refractivity contribution in [2.75, 3.05) is 0 Å². The second-order valence-corrected chi connectivity index (χ2v) is 10.6. The van der Waals surface area contributed by atoms with Crippen LogP contribution < -0.4 is 18.9 Å². The molecule has 6 heteroatoms. The quantitative estimate of drug-likeness (QED) is 0.445. The molecule has 6 aliphatic rings. The van der Waals surface area contributed by atoms with Crippen molar-refractivity contribution < 1.29 is 18.9 Å². The van der Waals surface area contributed by atoms with Gasteiger partial charge in [-0.25, -0.2) is 0 Å². The van der Waals surface area contributed by atoms with Gasteiger partial charge in [0.2, 0.25) is 0 Å². The highest BCUT2D eigenvalue weighted by atomic mass is 79.9. The average Bonchev–Trinajstić information content (AvgIpc) is 3.19. The van der Waals surface area contributed by atoms with Gasteiger partial charge < -0.3 is 18.9 Å². The summed E-state index contributed by atoms with van der Waals surface area (Å²) in [6, 6.07) is 12.1. The first-order valence-corrected chi connectivity index (χ1v) is 11.5. The minimum absolute atomic E-state index is 0.370. The van der Waals surface area contributed by atoms with Crippen molar-refractivity contribution in [3.05, 3.63) is 45.3 Å². The number of hydrogen-bond acceptors (Lipinski definition) is 4. The predicted molar refractivity (Wildman–Crippen MR) is 109 cm³/mol. The van der Waals surface area contributed by atoms with Crippen LogP contribution in [0.2, 0.25) is 0 Å². The van der Waals surface area contributed by atoms with E-state index in [2.05, 4.69) is 31.9 Å². The Morgan fingerprint density at radius 2 is 0.929 bits per heavy atom. The largest absolute Gasteiger partial charge is 0.448 e. The number of rotatable bonds is 0. The summed E-state index contributed by atoms with van der Waals surface area (Å²) >= 11 is 7.09. The molecular weight excluding hydrogens is 488 g/mol. The molecule has 4 bridgehead atoms. The normalized spacial score (nSPS) is 40.6. The van der Waals surface area contributed by atoms with Crippen LogP contribution in [0.5, 0.6) is 23.0 Å². The smallest absolute Gasteiger partial charge is 0.257 e. The van der Waals surface area contributed by atoms with Crippen molar-refractivity contribution in [2.45, 2.75) is 37.3 Å². The molecule has 2 aromatic rings. The Labute approximate surface area is 179 Å². The summed E-state index contributed by atoms with van der Waals surface area (Å²) in [6.45, 7) is 0. The number of benzene rings is 2. The van der Waals surface area contributed by atoms with Crippen molar-refractivity contribution in [1.82, 2.24) is 0 Å². The van der Waals surface area contributed by atoms with Gasteiger partial charge in [-0.15, -0.1) is 0 Å². The fourth-order valence-electron chi connectivity index (χ4n) is 6.43. The van der Waals surface area contributed by atoms with Crippen LogP contribution in [0.15, 0.2) is 45.3 Å². The third-order valence-electron chi connectivity index (χ3n) is 7.44. The van der Waals surface area contributed by atoms with Gasteiger partial charge in [-0.2, -0.15) is 0 Å². The van der Waals surface area contributed by atoms with Gasteiger partial charge in [0.05, 0.1) is 0 Å². The zero-order valence-electron chi connectivity index (χ0n) is 15.0.